The number of rotatable bonds is 0. The molecule has 0 radical (unpaired) electrons. The first-order valence-corrected chi connectivity index (χ1v) is 3.72. The summed E-state index contributed by atoms with van der Waals surface area (Å²) in [6, 6.07) is 0. The summed E-state index contributed by atoms with van der Waals surface area (Å²) in [4.78, 5) is 0. The monoisotopic (exact) mass is 112 g/mol. The molecule has 0 aliphatic heterocycles. The van der Waals surface area contributed by atoms with Crippen LogP contribution in [0.15, 0.2) is 0 Å². The third kappa shape index (κ3) is 0.888. The van der Waals surface area contributed by atoms with Crippen LogP contribution in [0.3, 0.4) is 0 Å². The summed E-state index contributed by atoms with van der Waals surface area (Å²) in [5, 5.41) is 0. The Kier molecular flexibility index (Phi) is 1.59. The van der Waals surface area contributed by atoms with Crippen LogP contribution < -0.4 is 0 Å². The van der Waals surface area contributed by atoms with Gasteiger partial charge in [-0.1, -0.05) is 33.6 Å². The van der Waals surface area contributed by atoms with Gasteiger partial charge >= 0.3 is 0 Å². The van der Waals surface area contributed by atoms with E-state index in [2.05, 4.69) is 20.8 Å². The maximum atomic E-state index is 2.38. The van der Waals surface area contributed by atoms with Gasteiger partial charge in [0.15, 0.2) is 0 Å². The van der Waals surface area contributed by atoms with E-state index < -0.39 is 0 Å². The highest BCUT2D eigenvalue weighted by Crippen LogP contribution is 2.35. The predicted molar refractivity (Wildman–Crippen MR) is 36.7 cm³/mol. The molecule has 0 N–H and O–H groups in total. The fourth-order valence-electron chi connectivity index (χ4n) is 1.61. The molecule has 1 fully saturated rings. The molecule has 1 saturated carbocycles. The molecular formula is C8H16. The third-order valence-electron chi connectivity index (χ3n) is 2.87. The zero-order chi connectivity index (χ0) is 6.15. The minimum Gasteiger partial charge on any atom is -0.0622 e. The molecule has 8 heavy (non-hydrogen) atoms. The molecule has 0 nitrogen and oxygen atoms in total. The summed E-state index contributed by atoms with van der Waals surface area (Å²) in [5.41, 5.74) is 0. The standard InChI is InChI=1S/C8H16/c1-6-4-5-7(2)8(6)3/h6-8H,4-5H2,1-3H3/t6-,7?,8?/m1/s1. The van der Waals surface area contributed by atoms with Crippen LogP contribution in [0.4, 0.5) is 0 Å². The lowest BCUT2D eigenvalue weighted by atomic mass is 9.94. The van der Waals surface area contributed by atoms with Crippen LogP contribution in [-0.2, 0) is 0 Å². The molecule has 1 rings (SSSR count). The normalized spacial score (nSPS) is 47.6. The Balaban J connectivity index is 2.44. The summed E-state index contributed by atoms with van der Waals surface area (Å²) in [7, 11) is 0. The van der Waals surface area contributed by atoms with E-state index in [1.165, 1.54) is 12.8 Å². The van der Waals surface area contributed by atoms with Crippen molar-refractivity contribution in [2.45, 2.75) is 33.6 Å². The fraction of sp³-hybridized carbons (Fsp3) is 1.00. The largest absolute Gasteiger partial charge is 0.0622 e. The number of hydrogen-bond acceptors (Lipinski definition) is 0. The molecule has 48 valence electrons. The average Bonchev–Trinajstić information content (AvgIpc) is 1.98. The zero-order valence-corrected chi connectivity index (χ0v) is 6.15. The Morgan fingerprint density at radius 1 is 0.875 bits per heavy atom. The lowest BCUT2D eigenvalue weighted by molar-refractivity contribution is 0.380. The van der Waals surface area contributed by atoms with Gasteiger partial charge in [0.05, 0.1) is 0 Å². The molecule has 3 atom stereocenters. The van der Waals surface area contributed by atoms with Crippen LogP contribution in [0.1, 0.15) is 33.6 Å². The van der Waals surface area contributed by atoms with Gasteiger partial charge < -0.3 is 0 Å². The lowest BCUT2D eigenvalue weighted by Crippen LogP contribution is -2.04. The smallest absolute Gasteiger partial charge is 0.0391 e. The Bertz CT molecular complexity index is 66.1. The van der Waals surface area contributed by atoms with Gasteiger partial charge in [-0.25, -0.2) is 0 Å². The first-order chi connectivity index (χ1) is 3.72. The molecule has 0 aromatic rings. The Labute approximate surface area is 52.3 Å². The van der Waals surface area contributed by atoms with E-state index >= 15 is 0 Å². The molecule has 2 unspecified atom stereocenters. The Morgan fingerprint density at radius 2 is 1.25 bits per heavy atom. The highest BCUT2D eigenvalue weighted by Gasteiger charge is 2.25. The second-order valence-corrected chi connectivity index (χ2v) is 3.39. The van der Waals surface area contributed by atoms with Gasteiger partial charge in [0, 0.05) is 0 Å². The van der Waals surface area contributed by atoms with Crippen molar-refractivity contribution in [3.05, 3.63) is 0 Å². The Morgan fingerprint density at radius 3 is 1.38 bits per heavy atom. The summed E-state index contributed by atoms with van der Waals surface area (Å²) < 4.78 is 0. The molecule has 0 bridgehead atoms. The summed E-state index contributed by atoms with van der Waals surface area (Å²) in [6.45, 7) is 7.12. The second-order valence-electron chi connectivity index (χ2n) is 3.39. The first-order valence-electron chi connectivity index (χ1n) is 3.72. The quantitative estimate of drug-likeness (QED) is 0.452. The van der Waals surface area contributed by atoms with E-state index in [1.807, 2.05) is 0 Å². The van der Waals surface area contributed by atoms with E-state index in [9.17, 15) is 0 Å². The van der Waals surface area contributed by atoms with Crippen molar-refractivity contribution in [2.75, 3.05) is 0 Å². The topological polar surface area (TPSA) is 0 Å². The summed E-state index contributed by atoms with van der Waals surface area (Å²) >= 11 is 0. The van der Waals surface area contributed by atoms with Crippen LogP contribution in [0.25, 0.3) is 0 Å². The first kappa shape index (κ1) is 6.12. The fourth-order valence-corrected chi connectivity index (χ4v) is 1.61. The highest BCUT2D eigenvalue weighted by atomic mass is 14.3. The maximum Gasteiger partial charge on any atom is -0.0391 e. The van der Waals surface area contributed by atoms with Crippen LogP contribution in [0.5, 0.6) is 0 Å². The van der Waals surface area contributed by atoms with Gasteiger partial charge in [-0.15, -0.1) is 0 Å². The van der Waals surface area contributed by atoms with Crippen molar-refractivity contribution in [1.82, 2.24) is 0 Å². The highest BCUT2D eigenvalue weighted by molar-refractivity contribution is 4.75. The molecule has 1 aliphatic rings. The van der Waals surface area contributed by atoms with Crippen LogP contribution in [0, 0.1) is 17.8 Å². The average molecular weight is 112 g/mol. The molecule has 0 aromatic heterocycles. The van der Waals surface area contributed by atoms with Crippen molar-refractivity contribution < 1.29 is 0 Å². The maximum absolute atomic E-state index is 2.38. The Hall–Kier alpha value is 0. The number of hydrogen-bond donors (Lipinski definition) is 0. The van der Waals surface area contributed by atoms with Gasteiger partial charge in [-0.3, -0.25) is 0 Å². The molecule has 0 heterocycles. The van der Waals surface area contributed by atoms with Crippen molar-refractivity contribution in [3.8, 4) is 0 Å². The second kappa shape index (κ2) is 2.08. The van der Waals surface area contributed by atoms with Crippen LogP contribution >= 0.6 is 0 Å². The lowest BCUT2D eigenvalue weighted by Gasteiger charge is -2.11. The molecular weight excluding hydrogens is 96.1 g/mol. The third-order valence-corrected chi connectivity index (χ3v) is 2.87. The van der Waals surface area contributed by atoms with Gasteiger partial charge in [0.1, 0.15) is 0 Å². The van der Waals surface area contributed by atoms with Gasteiger partial charge in [-0.2, -0.15) is 0 Å². The predicted octanol–water partition coefficient (Wildman–Crippen LogP) is 2.69. The van der Waals surface area contributed by atoms with Crippen molar-refractivity contribution in [1.29, 1.82) is 0 Å². The van der Waals surface area contributed by atoms with E-state index in [1.54, 1.807) is 0 Å². The summed E-state index contributed by atoms with van der Waals surface area (Å²) in [6.07, 6.45) is 2.92. The molecule has 0 amide bonds. The van der Waals surface area contributed by atoms with E-state index in [-0.39, 0.29) is 0 Å². The van der Waals surface area contributed by atoms with E-state index in [0.717, 1.165) is 17.8 Å². The summed E-state index contributed by atoms with van der Waals surface area (Å²) in [5.74, 6) is 2.96. The van der Waals surface area contributed by atoms with E-state index in [0.29, 0.717) is 0 Å². The van der Waals surface area contributed by atoms with Crippen molar-refractivity contribution in [2.24, 2.45) is 17.8 Å². The van der Waals surface area contributed by atoms with Crippen molar-refractivity contribution >= 4 is 0 Å². The molecule has 0 spiro atoms. The van der Waals surface area contributed by atoms with Gasteiger partial charge in [-0.05, 0) is 17.8 Å². The molecule has 1 aliphatic carbocycles. The minimum atomic E-state index is 0.981. The molecule has 0 saturated heterocycles. The molecule has 0 aromatic carbocycles. The van der Waals surface area contributed by atoms with Gasteiger partial charge in [0.2, 0.25) is 0 Å². The van der Waals surface area contributed by atoms with Crippen molar-refractivity contribution in [3.63, 3.8) is 0 Å². The van der Waals surface area contributed by atoms with Crippen LogP contribution in [0.2, 0.25) is 0 Å². The van der Waals surface area contributed by atoms with Crippen LogP contribution in [-0.4, -0.2) is 0 Å². The van der Waals surface area contributed by atoms with E-state index in [4.69, 9.17) is 0 Å². The SMILES string of the molecule is CC1CC[C@@H](C)C1C. The molecule has 0 heteroatoms. The zero-order valence-electron chi connectivity index (χ0n) is 6.15. The minimum absolute atomic E-state index is 0.981. The van der Waals surface area contributed by atoms with Gasteiger partial charge in [0.25, 0.3) is 0 Å².